The molecule has 0 radical (unpaired) electrons. The zero-order valence-corrected chi connectivity index (χ0v) is 10.0. The van der Waals surface area contributed by atoms with Crippen molar-refractivity contribution in [2.75, 3.05) is 18.9 Å². The summed E-state index contributed by atoms with van der Waals surface area (Å²) in [6.45, 7) is 2.67. The Morgan fingerprint density at radius 3 is 2.93 bits per heavy atom. The zero-order chi connectivity index (χ0) is 10.6. The largest absolute Gasteiger partial charge is 0.469 e. The summed E-state index contributed by atoms with van der Waals surface area (Å²) >= 11 is 3.30. The average Bonchev–Trinajstić information content (AvgIpc) is 2.64. The Balaban J connectivity index is 2.78. The Bertz CT molecular complexity index is 309. The monoisotopic (exact) mass is 259 g/mol. The topological polar surface area (TPSA) is 33.5 Å². The molecule has 1 heterocycles. The molecule has 1 aromatic heterocycles. The minimum absolute atomic E-state index is 0.0232. The lowest BCUT2D eigenvalue weighted by molar-refractivity contribution is 0.0802. The summed E-state index contributed by atoms with van der Waals surface area (Å²) in [7, 11) is 1.79. The number of hydrogen-bond donors (Lipinski definition) is 0. The molecule has 0 aliphatic rings. The van der Waals surface area contributed by atoms with Gasteiger partial charge in [0.05, 0.1) is 11.8 Å². The van der Waals surface area contributed by atoms with Crippen LogP contribution >= 0.6 is 15.9 Å². The van der Waals surface area contributed by atoms with Gasteiger partial charge < -0.3 is 9.32 Å². The molecule has 0 atom stereocenters. The maximum atomic E-state index is 11.8. The molecule has 0 fully saturated rings. The molecule has 0 aliphatic carbocycles. The molecule has 3 nitrogen and oxygen atoms in total. The third-order valence-electron chi connectivity index (χ3n) is 2.06. The maximum absolute atomic E-state index is 11.8. The van der Waals surface area contributed by atoms with Crippen LogP contribution in [0.5, 0.6) is 0 Å². The van der Waals surface area contributed by atoms with Crippen LogP contribution in [-0.4, -0.2) is 29.7 Å². The van der Waals surface area contributed by atoms with Crippen molar-refractivity contribution in [2.24, 2.45) is 0 Å². The lowest BCUT2D eigenvalue weighted by atomic mass is 10.2. The molecular formula is C10H14BrNO2. The van der Waals surface area contributed by atoms with Crippen molar-refractivity contribution in [3.63, 3.8) is 0 Å². The van der Waals surface area contributed by atoms with E-state index in [1.807, 2.05) is 6.92 Å². The number of aryl methyl sites for hydroxylation is 1. The van der Waals surface area contributed by atoms with Gasteiger partial charge in [-0.2, -0.15) is 0 Å². The van der Waals surface area contributed by atoms with Crippen molar-refractivity contribution in [2.45, 2.75) is 13.3 Å². The van der Waals surface area contributed by atoms with E-state index in [4.69, 9.17) is 4.42 Å². The molecule has 1 rings (SSSR count). The fourth-order valence-electron chi connectivity index (χ4n) is 1.24. The molecule has 78 valence electrons. The first-order chi connectivity index (χ1) is 6.70. The predicted molar refractivity (Wildman–Crippen MR) is 58.8 cm³/mol. The van der Waals surface area contributed by atoms with Gasteiger partial charge in [-0.1, -0.05) is 22.9 Å². The first-order valence-corrected chi connectivity index (χ1v) is 5.70. The quantitative estimate of drug-likeness (QED) is 0.778. The van der Waals surface area contributed by atoms with Crippen molar-refractivity contribution in [3.05, 3.63) is 23.7 Å². The second kappa shape index (κ2) is 5.20. The lowest BCUT2D eigenvalue weighted by Gasteiger charge is -2.14. The van der Waals surface area contributed by atoms with Crippen LogP contribution in [0.1, 0.15) is 23.0 Å². The number of nitrogens with zero attached hydrogens (tertiary/aromatic N) is 1. The average molecular weight is 260 g/mol. The van der Waals surface area contributed by atoms with Crippen LogP contribution in [-0.2, 0) is 6.42 Å². The highest BCUT2D eigenvalue weighted by atomic mass is 79.9. The van der Waals surface area contributed by atoms with Crippen LogP contribution in [0.25, 0.3) is 0 Å². The number of amides is 1. The highest BCUT2D eigenvalue weighted by molar-refractivity contribution is 9.09. The number of hydrogen-bond acceptors (Lipinski definition) is 2. The maximum Gasteiger partial charge on any atom is 0.257 e. The van der Waals surface area contributed by atoms with Crippen molar-refractivity contribution in [1.82, 2.24) is 4.90 Å². The third-order valence-corrected chi connectivity index (χ3v) is 2.42. The molecule has 0 unspecified atom stereocenters. The van der Waals surface area contributed by atoms with Gasteiger partial charge >= 0.3 is 0 Å². The van der Waals surface area contributed by atoms with Gasteiger partial charge in [0, 0.05) is 25.3 Å². The molecule has 0 bridgehead atoms. The van der Waals surface area contributed by atoms with E-state index in [1.165, 1.54) is 0 Å². The van der Waals surface area contributed by atoms with E-state index < -0.39 is 0 Å². The number of alkyl halides is 1. The lowest BCUT2D eigenvalue weighted by Crippen LogP contribution is -2.28. The smallest absolute Gasteiger partial charge is 0.257 e. The molecule has 0 N–H and O–H groups in total. The molecule has 1 amide bonds. The van der Waals surface area contributed by atoms with Crippen LogP contribution in [0.4, 0.5) is 0 Å². The highest BCUT2D eigenvalue weighted by Gasteiger charge is 2.16. The van der Waals surface area contributed by atoms with Crippen molar-refractivity contribution in [3.8, 4) is 0 Å². The Hall–Kier alpha value is -0.770. The summed E-state index contributed by atoms with van der Waals surface area (Å²) in [5, 5.41) is 0.786. The van der Waals surface area contributed by atoms with Gasteiger partial charge in [0.25, 0.3) is 5.91 Å². The fourth-order valence-corrected chi connectivity index (χ4v) is 1.77. The van der Waals surface area contributed by atoms with E-state index in [0.29, 0.717) is 12.1 Å². The van der Waals surface area contributed by atoms with Gasteiger partial charge in [-0.05, 0) is 6.07 Å². The Kier molecular flexibility index (Phi) is 4.20. The predicted octanol–water partition coefficient (Wildman–Crippen LogP) is 2.31. The summed E-state index contributed by atoms with van der Waals surface area (Å²) in [6, 6.07) is 1.73. The number of carbonyl (C=O) groups excluding carboxylic acids is 1. The van der Waals surface area contributed by atoms with E-state index >= 15 is 0 Å². The van der Waals surface area contributed by atoms with E-state index in [2.05, 4.69) is 15.9 Å². The standard InChI is InChI=1S/C10H14BrNO2/c1-3-9-8(4-7-14-9)10(13)12(2)6-5-11/h4,7H,3,5-6H2,1-2H3. The van der Waals surface area contributed by atoms with E-state index in [1.54, 1.807) is 24.3 Å². The molecule has 0 spiro atoms. The van der Waals surface area contributed by atoms with Crippen LogP contribution in [0.15, 0.2) is 16.7 Å². The molecule has 0 aromatic carbocycles. The van der Waals surface area contributed by atoms with Crippen molar-refractivity contribution in [1.29, 1.82) is 0 Å². The minimum atomic E-state index is 0.0232. The van der Waals surface area contributed by atoms with Gasteiger partial charge in [-0.25, -0.2) is 0 Å². The van der Waals surface area contributed by atoms with Crippen LogP contribution in [0, 0.1) is 0 Å². The van der Waals surface area contributed by atoms with Gasteiger partial charge in [0.1, 0.15) is 5.76 Å². The Labute approximate surface area is 92.2 Å². The Morgan fingerprint density at radius 1 is 1.64 bits per heavy atom. The molecular weight excluding hydrogens is 246 g/mol. The van der Waals surface area contributed by atoms with Gasteiger partial charge in [-0.15, -0.1) is 0 Å². The van der Waals surface area contributed by atoms with E-state index in [-0.39, 0.29) is 5.91 Å². The van der Waals surface area contributed by atoms with Crippen LogP contribution in [0.2, 0.25) is 0 Å². The van der Waals surface area contributed by atoms with Gasteiger partial charge in [-0.3, -0.25) is 4.79 Å². The Morgan fingerprint density at radius 2 is 2.36 bits per heavy atom. The summed E-state index contributed by atoms with van der Waals surface area (Å²) in [5.74, 6) is 0.784. The molecule has 0 saturated carbocycles. The first-order valence-electron chi connectivity index (χ1n) is 4.58. The van der Waals surface area contributed by atoms with Gasteiger partial charge in [0.2, 0.25) is 0 Å². The number of carbonyl (C=O) groups is 1. The SMILES string of the molecule is CCc1occc1C(=O)N(C)CCBr. The van der Waals surface area contributed by atoms with E-state index in [9.17, 15) is 4.79 Å². The summed E-state index contributed by atoms with van der Waals surface area (Å²) < 4.78 is 5.20. The normalized spacial score (nSPS) is 10.2. The zero-order valence-electron chi connectivity index (χ0n) is 8.42. The van der Waals surface area contributed by atoms with Crippen LogP contribution in [0.3, 0.4) is 0 Å². The fraction of sp³-hybridized carbons (Fsp3) is 0.500. The second-order valence-electron chi connectivity index (χ2n) is 3.03. The number of halogens is 1. The van der Waals surface area contributed by atoms with Crippen LogP contribution < -0.4 is 0 Å². The summed E-state index contributed by atoms with van der Waals surface area (Å²) in [6.07, 6.45) is 2.31. The van der Waals surface area contributed by atoms with Crippen molar-refractivity contribution >= 4 is 21.8 Å². The molecule has 0 saturated heterocycles. The summed E-state index contributed by atoms with van der Waals surface area (Å²) in [5.41, 5.74) is 0.677. The number of furan rings is 1. The second-order valence-corrected chi connectivity index (χ2v) is 3.82. The third kappa shape index (κ3) is 2.38. The highest BCUT2D eigenvalue weighted by Crippen LogP contribution is 2.13. The molecule has 14 heavy (non-hydrogen) atoms. The van der Waals surface area contributed by atoms with Gasteiger partial charge in [0.15, 0.2) is 0 Å². The molecule has 4 heteroatoms. The van der Waals surface area contributed by atoms with Crippen molar-refractivity contribution < 1.29 is 9.21 Å². The minimum Gasteiger partial charge on any atom is -0.469 e. The molecule has 1 aromatic rings. The first kappa shape index (κ1) is 11.3. The molecule has 0 aliphatic heterocycles. The number of rotatable bonds is 4. The van der Waals surface area contributed by atoms with E-state index in [0.717, 1.165) is 17.5 Å². The summed E-state index contributed by atoms with van der Waals surface area (Å²) in [4.78, 5) is 13.5.